The minimum absolute atomic E-state index is 0.247. The van der Waals surface area contributed by atoms with E-state index in [1.54, 1.807) is 12.1 Å². The van der Waals surface area contributed by atoms with Gasteiger partial charge in [-0.05, 0) is 49.2 Å². The third kappa shape index (κ3) is 4.29. The first-order chi connectivity index (χ1) is 10.1. The van der Waals surface area contributed by atoms with Gasteiger partial charge in [0.15, 0.2) is 11.6 Å². The zero-order chi connectivity index (χ0) is 15.2. The smallest absolute Gasteiger partial charge is 0.165 e. The van der Waals surface area contributed by atoms with E-state index in [0.717, 1.165) is 22.9 Å². The fourth-order valence-electron chi connectivity index (χ4n) is 2.33. The van der Waals surface area contributed by atoms with Gasteiger partial charge in [0.2, 0.25) is 0 Å². The lowest BCUT2D eigenvalue weighted by molar-refractivity contribution is 0.386. The number of ether oxygens (including phenoxy) is 1. The summed E-state index contributed by atoms with van der Waals surface area (Å²) in [5.41, 5.74) is 2.20. The largest absolute Gasteiger partial charge is 0.494 e. The maximum atomic E-state index is 13.7. The van der Waals surface area contributed by atoms with Gasteiger partial charge < -0.3 is 10.1 Å². The molecule has 1 N–H and O–H groups in total. The van der Waals surface area contributed by atoms with E-state index in [1.165, 1.54) is 12.7 Å². The van der Waals surface area contributed by atoms with Crippen LogP contribution in [0.25, 0.3) is 0 Å². The zero-order valence-corrected chi connectivity index (χ0v) is 13.8. The molecule has 21 heavy (non-hydrogen) atoms. The Labute approximate surface area is 133 Å². The Bertz CT molecular complexity index is 603. The van der Waals surface area contributed by atoms with E-state index >= 15 is 0 Å². The predicted molar refractivity (Wildman–Crippen MR) is 87.3 cm³/mol. The fraction of sp³-hybridized carbons (Fsp3) is 0.294. The summed E-state index contributed by atoms with van der Waals surface area (Å²) >= 11 is 3.57. The highest BCUT2D eigenvalue weighted by Gasteiger charge is 2.12. The number of methoxy groups -OCH3 is 1. The van der Waals surface area contributed by atoms with E-state index in [1.807, 2.05) is 31.3 Å². The molecule has 0 spiro atoms. The van der Waals surface area contributed by atoms with Crippen LogP contribution in [0.5, 0.6) is 5.75 Å². The molecule has 0 aliphatic rings. The second-order valence-electron chi connectivity index (χ2n) is 4.95. The normalized spacial score (nSPS) is 12.2. The summed E-state index contributed by atoms with van der Waals surface area (Å²) in [5, 5.41) is 3.30. The minimum Gasteiger partial charge on any atom is -0.494 e. The summed E-state index contributed by atoms with van der Waals surface area (Å²) in [4.78, 5) is 0. The molecule has 1 atom stereocenters. The standard InChI is InChI=1S/C17H19BrFNO/c1-20-14(11-13-5-3-4-6-15(13)18)9-12-7-8-17(21-2)16(19)10-12/h3-8,10,14,20H,9,11H2,1-2H3. The maximum absolute atomic E-state index is 13.7. The molecule has 0 heterocycles. The highest BCUT2D eigenvalue weighted by Crippen LogP contribution is 2.21. The summed E-state index contributed by atoms with van der Waals surface area (Å²) < 4.78 is 19.8. The molecule has 2 rings (SSSR count). The third-order valence-corrected chi connectivity index (χ3v) is 4.30. The summed E-state index contributed by atoms with van der Waals surface area (Å²) in [5.74, 6) is -0.0312. The number of rotatable bonds is 6. The minimum atomic E-state index is -0.314. The fourth-order valence-corrected chi connectivity index (χ4v) is 2.77. The topological polar surface area (TPSA) is 21.3 Å². The van der Waals surface area contributed by atoms with Crippen LogP contribution in [0.4, 0.5) is 4.39 Å². The molecular formula is C17H19BrFNO. The van der Waals surface area contributed by atoms with Crippen molar-refractivity contribution in [1.29, 1.82) is 0 Å². The molecule has 0 bridgehead atoms. The number of benzene rings is 2. The molecule has 112 valence electrons. The van der Waals surface area contributed by atoms with Gasteiger partial charge in [-0.25, -0.2) is 4.39 Å². The van der Waals surface area contributed by atoms with Crippen LogP contribution >= 0.6 is 15.9 Å². The second kappa shape index (κ2) is 7.57. The number of halogens is 2. The summed E-state index contributed by atoms with van der Waals surface area (Å²) in [6.45, 7) is 0. The van der Waals surface area contributed by atoms with Gasteiger partial charge in [0.1, 0.15) is 0 Å². The predicted octanol–water partition coefficient (Wildman–Crippen LogP) is 3.97. The molecule has 0 aliphatic heterocycles. The van der Waals surface area contributed by atoms with Crippen molar-refractivity contribution in [1.82, 2.24) is 5.32 Å². The Hall–Kier alpha value is -1.39. The highest BCUT2D eigenvalue weighted by atomic mass is 79.9. The van der Waals surface area contributed by atoms with Crippen molar-refractivity contribution in [2.24, 2.45) is 0 Å². The lowest BCUT2D eigenvalue weighted by Crippen LogP contribution is -2.30. The molecule has 0 saturated carbocycles. The van der Waals surface area contributed by atoms with Gasteiger partial charge in [0.05, 0.1) is 7.11 Å². The quantitative estimate of drug-likeness (QED) is 0.850. The van der Waals surface area contributed by atoms with Crippen LogP contribution in [0, 0.1) is 5.82 Å². The van der Waals surface area contributed by atoms with Crippen LogP contribution in [-0.4, -0.2) is 20.2 Å². The molecule has 4 heteroatoms. The second-order valence-corrected chi connectivity index (χ2v) is 5.81. The molecule has 0 saturated heterocycles. The lowest BCUT2D eigenvalue weighted by atomic mass is 9.99. The Morgan fingerprint density at radius 2 is 1.95 bits per heavy atom. The number of nitrogens with one attached hydrogen (secondary N) is 1. The third-order valence-electron chi connectivity index (χ3n) is 3.53. The van der Waals surface area contributed by atoms with Crippen molar-refractivity contribution in [2.45, 2.75) is 18.9 Å². The average molecular weight is 352 g/mol. The van der Waals surface area contributed by atoms with Crippen LogP contribution in [0.2, 0.25) is 0 Å². The molecule has 1 unspecified atom stereocenters. The molecule has 0 fully saturated rings. The van der Waals surface area contributed by atoms with Gasteiger partial charge >= 0.3 is 0 Å². The average Bonchev–Trinajstić information content (AvgIpc) is 2.49. The first kappa shape index (κ1) is 16.0. The van der Waals surface area contributed by atoms with E-state index in [2.05, 4.69) is 27.3 Å². The monoisotopic (exact) mass is 351 g/mol. The Kier molecular flexibility index (Phi) is 5.76. The van der Waals surface area contributed by atoms with E-state index in [9.17, 15) is 4.39 Å². The molecule has 2 aromatic carbocycles. The number of hydrogen-bond donors (Lipinski definition) is 1. The SMILES string of the molecule is CNC(Cc1ccc(OC)c(F)c1)Cc1ccccc1Br. The summed E-state index contributed by atoms with van der Waals surface area (Å²) in [7, 11) is 3.41. The van der Waals surface area contributed by atoms with Gasteiger partial charge in [-0.1, -0.05) is 40.2 Å². The van der Waals surface area contributed by atoms with Crippen LogP contribution in [-0.2, 0) is 12.8 Å². The Morgan fingerprint density at radius 3 is 2.57 bits per heavy atom. The Morgan fingerprint density at radius 1 is 1.19 bits per heavy atom. The highest BCUT2D eigenvalue weighted by molar-refractivity contribution is 9.10. The summed E-state index contributed by atoms with van der Waals surface area (Å²) in [6.07, 6.45) is 1.64. The zero-order valence-electron chi connectivity index (χ0n) is 12.2. The van der Waals surface area contributed by atoms with Crippen LogP contribution in [0.3, 0.4) is 0 Å². The molecule has 0 aliphatic carbocycles. The molecular weight excluding hydrogens is 333 g/mol. The lowest BCUT2D eigenvalue weighted by Gasteiger charge is -2.17. The first-order valence-corrected chi connectivity index (χ1v) is 7.66. The number of hydrogen-bond acceptors (Lipinski definition) is 2. The van der Waals surface area contributed by atoms with Crippen molar-refractivity contribution < 1.29 is 9.13 Å². The maximum Gasteiger partial charge on any atom is 0.165 e. The van der Waals surface area contributed by atoms with Crippen molar-refractivity contribution in [3.8, 4) is 5.75 Å². The van der Waals surface area contributed by atoms with Gasteiger partial charge in [0, 0.05) is 10.5 Å². The van der Waals surface area contributed by atoms with E-state index < -0.39 is 0 Å². The number of likely N-dealkylation sites (N-methyl/N-ethyl adjacent to an activating group) is 1. The molecule has 2 nitrogen and oxygen atoms in total. The first-order valence-electron chi connectivity index (χ1n) is 6.87. The molecule has 0 radical (unpaired) electrons. The molecule has 0 amide bonds. The van der Waals surface area contributed by atoms with Crippen LogP contribution in [0.15, 0.2) is 46.9 Å². The van der Waals surface area contributed by atoms with Gasteiger partial charge in [0.25, 0.3) is 0 Å². The van der Waals surface area contributed by atoms with Gasteiger partial charge in [-0.2, -0.15) is 0 Å². The van der Waals surface area contributed by atoms with E-state index in [-0.39, 0.29) is 17.6 Å². The van der Waals surface area contributed by atoms with Crippen molar-refractivity contribution in [3.63, 3.8) is 0 Å². The van der Waals surface area contributed by atoms with Crippen LogP contribution in [0.1, 0.15) is 11.1 Å². The summed E-state index contributed by atoms with van der Waals surface area (Å²) in [6, 6.07) is 13.5. The molecule has 2 aromatic rings. The molecule has 0 aromatic heterocycles. The van der Waals surface area contributed by atoms with E-state index in [0.29, 0.717) is 0 Å². The Balaban J connectivity index is 2.09. The van der Waals surface area contributed by atoms with Crippen LogP contribution < -0.4 is 10.1 Å². The van der Waals surface area contributed by atoms with Crippen molar-refractivity contribution in [3.05, 3.63) is 63.9 Å². The van der Waals surface area contributed by atoms with Crippen molar-refractivity contribution in [2.75, 3.05) is 14.2 Å². The van der Waals surface area contributed by atoms with Crippen molar-refractivity contribution >= 4 is 15.9 Å². The van der Waals surface area contributed by atoms with Gasteiger partial charge in [-0.15, -0.1) is 0 Å². The van der Waals surface area contributed by atoms with E-state index in [4.69, 9.17) is 4.74 Å². The van der Waals surface area contributed by atoms with Gasteiger partial charge in [-0.3, -0.25) is 0 Å².